The van der Waals surface area contributed by atoms with Crippen LogP contribution in [0.2, 0.25) is 0 Å². The van der Waals surface area contributed by atoms with Crippen molar-refractivity contribution in [2.24, 2.45) is 0 Å². The van der Waals surface area contributed by atoms with Gasteiger partial charge in [0.25, 0.3) is 0 Å². The first kappa shape index (κ1) is 12.0. The Labute approximate surface area is 74.6 Å². The topological polar surface area (TPSA) is 46.5 Å². The minimum absolute atomic E-state index is 0.0699. The number of hydrogen-bond acceptors (Lipinski definition) is 3. The maximum atomic E-state index is 10.9. The molecule has 0 amide bonds. The second-order valence-corrected chi connectivity index (χ2v) is 5.00. The molecule has 0 aromatic heterocycles. The van der Waals surface area contributed by atoms with Gasteiger partial charge >= 0.3 is 8.03 Å². The van der Waals surface area contributed by atoms with Gasteiger partial charge in [0.15, 0.2) is 6.61 Å². The Bertz CT molecular complexity index is 144. The van der Waals surface area contributed by atoms with Gasteiger partial charge in [-0.1, -0.05) is 0 Å². The molecule has 12 heavy (non-hydrogen) atoms. The molecule has 4 nitrogen and oxygen atoms in total. The predicted octanol–water partition coefficient (Wildman–Crippen LogP) is 0.444. The zero-order chi connectivity index (χ0) is 9.61. The molecule has 1 unspecified atom stereocenters. The Hall–Kier alpha value is -0.0200. The number of hydrogen-bond donors (Lipinski definition) is 1. The van der Waals surface area contributed by atoms with Gasteiger partial charge in [-0.05, 0) is 4.57 Å². The highest BCUT2D eigenvalue weighted by Crippen LogP contribution is 2.20. The largest absolute Gasteiger partial charge is 0.510 e. The lowest BCUT2D eigenvalue weighted by atomic mass is 10.5. The molecule has 1 N–H and O–H groups in total. The van der Waals surface area contributed by atoms with Crippen molar-refractivity contribution in [3.63, 3.8) is 0 Å². The lowest BCUT2D eigenvalue weighted by Crippen LogP contribution is -2.37. The molecule has 0 aliphatic rings. The van der Waals surface area contributed by atoms with Crippen molar-refractivity contribution in [1.29, 1.82) is 0 Å². The van der Waals surface area contributed by atoms with Crippen LogP contribution in [0.3, 0.4) is 0 Å². The third-order valence-corrected chi connectivity index (χ3v) is 2.32. The molecule has 0 saturated carbocycles. The van der Waals surface area contributed by atoms with E-state index in [1.165, 1.54) is 0 Å². The standard InChI is InChI=1S/C7H18NO3P/c1-8(2,3)4-6-11-12(10)7-5-9/h9H,4-7H2,1-3H3/q+2. The Balaban J connectivity index is 3.37. The number of quaternary nitrogens is 1. The van der Waals surface area contributed by atoms with Gasteiger partial charge in [-0.3, -0.25) is 0 Å². The smallest absolute Gasteiger partial charge is 0.392 e. The maximum absolute atomic E-state index is 10.9. The SMILES string of the molecule is C[N+](C)(C)CCO[P+](=O)CCO. The fraction of sp³-hybridized carbons (Fsp3) is 1.00. The zero-order valence-corrected chi connectivity index (χ0v) is 8.88. The lowest BCUT2D eigenvalue weighted by molar-refractivity contribution is -0.870. The van der Waals surface area contributed by atoms with Crippen LogP contribution in [0, 0.1) is 0 Å². The van der Waals surface area contributed by atoms with Crippen LogP contribution in [0.4, 0.5) is 0 Å². The summed E-state index contributed by atoms with van der Waals surface area (Å²) in [6.45, 7) is 1.24. The Kier molecular flexibility index (Phi) is 5.59. The van der Waals surface area contributed by atoms with Gasteiger partial charge in [-0.25, -0.2) is 0 Å². The maximum Gasteiger partial charge on any atom is 0.510 e. The molecule has 0 aliphatic carbocycles. The van der Waals surface area contributed by atoms with Crippen molar-refractivity contribution in [2.45, 2.75) is 0 Å². The second kappa shape index (κ2) is 5.60. The van der Waals surface area contributed by atoms with Crippen molar-refractivity contribution < 1.29 is 18.7 Å². The normalized spacial score (nSPS) is 13.2. The number of aliphatic hydroxyl groups excluding tert-OH is 1. The summed E-state index contributed by atoms with van der Waals surface area (Å²) in [6.07, 6.45) is 0.243. The van der Waals surface area contributed by atoms with Crippen molar-refractivity contribution in [3.8, 4) is 0 Å². The van der Waals surface area contributed by atoms with E-state index in [1.807, 2.05) is 21.1 Å². The van der Waals surface area contributed by atoms with Crippen molar-refractivity contribution >= 4 is 8.03 Å². The highest BCUT2D eigenvalue weighted by molar-refractivity contribution is 7.39. The van der Waals surface area contributed by atoms with Gasteiger partial charge in [0.1, 0.15) is 6.54 Å². The van der Waals surface area contributed by atoms with Gasteiger partial charge < -0.3 is 9.59 Å². The molecule has 5 heteroatoms. The quantitative estimate of drug-likeness (QED) is 0.494. The highest BCUT2D eigenvalue weighted by atomic mass is 31.1. The Morgan fingerprint density at radius 3 is 2.42 bits per heavy atom. The molecule has 72 valence electrons. The monoisotopic (exact) mass is 195 g/mol. The summed E-state index contributed by atoms with van der Waals surface area (Å²) >= 11 is 0. The summed E-state index contributed by atoms with van der Waals surface area (Å²) in [6, 6.07) is 0. The lowest BCUT2D eigenvalue weighted by Gasteiger charge is -2.21. The zero-order valence-electron chi connectivity index (χ0n) is 7.99. The number of aliphatic hydroxyl groups is 1. The predicted molar refractivity (Wildman–Crippen MR) is 48.4 cm³/mol. The molecule has 0 bridgehead atoms. The summed E-state index contributed by atoms with van der Waals surface area (Å²) in [5.74, 6) is 0. The number of nitrogens with zero attached hydrogens (tertiary/aromatic N) is 1. The van der Waals surface area contributed by atoms with Crippen molar-refractivity contribution in [1.82, 2.24) is 0 Å². The molecule has 0 saturated heterocycles. The molecule has 0 heterocycles. The van der Waals surface area contributed by atoms with Crippen LogP contribution in [0.25, 0.3) is 0 Å². The van der Waals surface area contributed by atoms with Crippen LogP contribution >= 0.6 is 8.03 Å². The second-order valence-electron chi connectivity index (χ2n) is 3.63. The molecule has 0 spiro atoms. The van der Waals surface area contributed by atoms with Gasteiger partial charge in [-0.15, -0.1) is 4.52 Å². The highest BCUT2D eigenvalue weighted by Gasteiger charge is 2.17. The van der Waals surface area contributed by atoms with E-state index in [-0.39, 0.29) is 12.8 Å². The average molecular weight is 195 g/mol. The summed E-state index contributed by atoms with van der Waals surface area (Å²) in [7, 11) is 4.49. The van der Waals surface area contributed by atoms with E-state index >= 15 is 0 Å². The molecule has 0 aromatic rings. The van der Waals surface area contributed by atoms with Crippen molar-refractivity contribution in [3.05, 3.63) is 0 Å². The van der Waals surface area contributed by atoms with Crippen LogP contribution in [0.5, 0.6) is 0 Å². The molecular formula is C7H18NO3P+2. The van der Waals surface area contributed by atoms with Crippen LogP contribution in [-0.4, -0.2) is 56.7 Å². The summed E-state index contributed by atoms with van der Waals surface area (Å²) in [5.41, 5.74) is 0. The van der Waals surface area contributed by atoms with E-state index in [4.69, 9.17) is 9.63 Å². The number of rotatable bonds is 6. The van der Waals surface area contributed by atoms with Crippen LogP contribution in [0.15, 0.2) is 0 Å². The van der Waals surface area contributed by atoms with E-state index in [2.05, 4.69) is 0 Å². The van der Waals surface area contributed by atoms with E-state index in [9.17, 15) is 4.57 Å². The van der Waals surface area contributed by atoms with E-state index in [0.717, 1.165) is 11.0 Å². The average Bonchev–Trinajstić information content (AvgIpc) is 1.84. The van der Waals surface area contributed by atoms with Gasteiger partial charge in [-0.2, -0.15) is 0 Å². The minimum Gasteiger partial charge on any atom is -0.392 e. The molecule has 0 fully saturated rings. The van der Waals surface area contributed by atoms with E-state index in [1.54, 1.807) is 0 Å². The summed E-state index contributed by atoms with van der Waals surface area (Å²) in [5, 5.41) is 8.43. The first-order chi connectivity index (χ1) is 5.45. The van der Waals surface area contributed by atoms with E-state index < -0.39 is 8.03 Å². The molecule has 0 radical (unpaired) electrons. The fourth-order valence-electron chi connectivity index (χ4n) is 0.563. The van der Waals surface area contributed by atoms with Gasteiger partial charge in [0, 0.05) is 0 Å². The Morgan fingerprint density at radius 2 is 2.00 bits per heavy atom. The molecule has 0 aliphatic heterocycles. The van der Waals surface area contributed by atoms with Crippen LogP contribution < -0.4 is 0 Å². The minimum atomic E-state index is -1.64. The molecule has 1 atom stereocenters. The van der Waals surface area contributed by atoms with Crippen LogP contribution in [0.1, 0.15) is 0 Å². The van der Waals surface area contributed by atoms with Crippen molar-refractivity contribution in [2.75, 3.05) is 47.1 Å². The first-order valence-electron chi connectivity index (χ1n) is 3.94. The summed E-state index contributed by atoms with van der Waals surface area (Å²) < 4.78 is 16.7. The first-order valence-corrected chi connectivity index (χ1v) is 5.31. The third kappa shape index (κ3) is 8.08. The molecule has 0 aromatic carbocycles. The van der Waals surface area contributed by atoms with Gasteiger partial charge in [0.05, 0.1) is 27.7 Å². The third-order valence-electron chi connectivity index (χ3n) is 1.28. The van der Waals surface area contributed by atoms with E-state index in [0.29, 0.717) is 6.61 Å². The Morgan fingerprint density at radius 1 is 1.42 bits per heavy atom. The molecular weight excluding hydrogens is 177 g/mol. The fourth-order valence-corrected chi connectivity index (χ4v) is 1.14. The van der Waals surface area contributed by atoms with Crippen LogP contribution in [-0.2, 0) is 9.09 Å². The molecule has 0 rings (SSSR count). The van der Waals surface area contributed by atoms with Gasteiger partial charge in [0.2, 0.25) is 6.16 Å². The number of likely N-dealkylation sites (N-methyl/N-ethyl adjacent to an activating group) is 1. The summed E-state index contributed by atoms with van der Waals surface area (Å²) in [4.78, 5) is 0.